The highest BCUT2D eigenvalue weighted by molar-refractivity contribution is 7.13. The highest BCUT2D eigenvalue weighted by Crippen LogP contribution is 2.23. The molecule has 1 aromatic carbocycles. The van der Waals surface area contributed by atoms with Gasteiger partial charge in [0.2, 0.25) is 0 Å². The Kier molecular flexibility index (Phi) is 4.48. The van der Waals surface area contributed by atoms with E-state index in [-0.39, 0.29) is 18.7 Å². The van der Waals surface area contributed by atoms with Gasteiger partial charge in [0.25, 0.3) is 0 Å². The molecular weight excluding hydrogens is 262 g/mol. The summed E-state index contributed by atoms with van der Waals surface area (Å²) < 4.78 is 0. The molecule has 0 spiro atoms. The Morgan fingerprint density at radius 3 is 2.74 bits per heavy atom. The largest absolute Gasteiger partial charge is 0.394 e. The van der Waals surface area contributed by atoms with Crippen molar-refractivity contribution >= 4 is 23.1 Å². The Bertz CT molecular complexity index is 525. The van der Waals surface area contributed by atoms with Crippen molar-refractivity contribution < 1.29 is 9.90 Å². The molecule has 2 rings (SSSR count). The fourth-order valence-electron chi connectivity index (χ4n) is 1.50. The van der Waals surface area contributed by atoms with Gasteiger partial charge in [-0.25, -0.2) is 9.78 Å². The van der Waals surface area contributed by atoms with Gasteiger partial charge in [0.15, 0.2) is 0 Å². The number of aromatic nitrogens is 1. The molecule has 1 heterocycles. The average molecular weight is 277 g/mol. The van der Waals surface area contributed by atoms with Gasteiger partial charge >= 0.3 is 6.03 Å². The minimum Gasteiger partial charge on any atom is -0.394 e. The third-order valence-corrected chi connectivity index (χ3v) is 3.30. The highest BCUT2D eigenvalue weighted by atomic mass is 32.1. The van der Waals surface area contributed by atoms with Crippen LogP contribution in [0.1, 0.15) is 6.92 Å². The average Bonchev–Trinajstić information content (AvgIpc) is 2.93. The molecule has 1 aromatic heterocycles. The van der Waals surface area contributed by atoms with Crippen molar-refractivity contribution in [2.24, 2.45) is 0 Å². The van der Waals surface area contributed by atoms with E-state index in [0.29, 0.717) is 5.69 Å². The fraction of sp³-hybridized carbons (Fsp3) is 0.231. The fourth-order valence-corrected chi connectivity index (χ4v) is 2.14. The number of carbonyl (C=O) groups is 1. The van der Waals surface area contributed by atoms with Crippen molar-refractivity contribution in [3.63, 3.8) is 0 Å². The third kappa shape index (κ3) is 3.77. The summed E-state index contributed by atoms with van der Waals surface area (Å²) in [5, 5.41) is 17.0. The number of carbonyl (C=O) groups excluding carboxylic acids is 1. The highest BCUT2D eigenvalue weighted by Gasteiger charge is 2.06. The van der Waals surface area contributed by atoms with Crippen LogP contribution in [0, 0.1) is 0 Å². The van der Waals surface area contributed by atoms with Gasteiger partial charge in [0.1, 0.15) is 5.01 Å². The molecule has 0 saturated carbocycles. The van der Waals surface area contributed by atoms with Crippen LogP contribution in [0.25, 0.3) is 10.6 Å². The topological polar surface area (TPSA) is 74.2 Å². The van der Waals surface area contributed by atoms with Gasteiger partial charge in [-0.05, 0) is 31.2 Å². The number of hydrogen-bond donors (Lipinski definition) is 3. The lowest BCUT2D eigenvalue weighted by Crippen LogP contribution is -2.38. The summed E-state index contributed by atoms with van der Waals surface area (Å²) in [7, 11) is 0. The summed E-state index contributed by atoms with van der Waals surface area (Å²) in [6, 6.07) is 6.85. The lowest BCUT2D eigenvalue weighted by molar-refractivity contribution is 0.229. The van der Waals surface area contributed by atoms with E-state index in [1.165, 1.54) is 0 Å². The summed E-state index contributed by atoms with van der Waals surface area (Å²) in [6.45, 7) is 1.64. The zero-order valence-corrected chi connectivity index (χ0v) is 11.3. The third-order valence-electron chi connectivity index (χ3n) is 2.47. The predicted molar refractivity (Wildman–Crippen MR) is 76.3 cm³/mol. The standard InChI is InChI=1S/C13H15N3O2S/c1-9(8-17)15-13(18)16-11-4-2-10(3-5-11)12-14-6-7-19-12/h2-7,9,17H,8H2,1H3,(H2,15,16,18). The Labute approximate surface area is 115 Å². The first-order valence-electron chi connectivity index (χ1n) is 5.87. The predicted octanol–water partition coefficient (Wildman–Crippen LogP) is 2.31. The monoisotopic (exact) mass is 277 g/mol. The Morgan fingerprint density at radius 1 is 1.42 bits per heavy atom. The van der Waals surface area contributed by atoms with Crippen LogP contribution in [-0.2, 0) is 0 Å². The molecule has 0 aliphatic carbocycles. The quantitative estimate of drug-likeness (QED) is 0.803. The number of nitrogens with zero attached hydrogens (tertiary/aromatic N) is 1. The molecule has 1 atom stereocenters. The lowest BCUT2D eigenvalue weighted by Gasteiger charge is -2.12. The van der Waals surface area contributed by atoms with Gasteiger partial charge in [-0.15, -0.1) is 11.3 Å². The zero-order valence-electron chi connectivity index (χ0n) is 10.5. The van der Waals surface area contributed by atoms with E-state index < -0.39 is 0 Å². The number of aliphatic hydroxyl groups is 1. The second-order valence-corrected chi connectivity index (χ2v) is 4.99. The number of hydrogen-bond acceptors (Lipinski definition) is 4. The number of thiazole rings is 1. The van der Waals surface area contributed by atoms with Crippen molar-refractivity contribution in [1.82, 2.24) is 10.3 Å². The van der Waals surface area contributed by atoms with Crippen molar-refractivity contribution in [3.05, 3.63) is 35.8 Å². The molecule has 19 heavy (non-hydrogen) atoms. The van der Waals surface area contributed by atoms with Crippen molar-refractivity contribution in [2.45, 2.75) is 13.0 Å². The van der Waals surface area contributed by atoms with E-state index in [0.717, 1.165) is 10.6 Å². The molecule has 0 bridgehead atoms. The molecule has 3 N–H and O–H groups in total. The molecule has 0 saturated heterocycles. The van der Waals surface area contributed by atoms with E-state index >= 15 is 0 Å². The maximum Gasteiger partial charge on any atom is 0.319 e. The van der Waals surface area contributed by atoms with E-state index in [1.807, 2.05) is 29.6 Å². The number of amides is 2. The van der Waals surface area contributed by atoms with Gasteiger partial charge in [-0.3, -0.25) is 0 Å². The minimum atomic E-state index is -0.330. The number of anilines is 1. The van der Waals surface area contributed by atoms with Gasteiger partial charge in [0.05, 0.1) is 12.6 Å². The number of rotatable bonds is 4. The molecule has 2 amide bonds. The molecule has 5 nitrogen and oxygen atoms in total. The molecule has 0 aliphatic rings. The van der Waals surface area contributed by atoms with Crippen LogP contribution in [0.2, 0.25) is 0 Å². The summed E-state index contributed by atoms with van der Waals surface area (Å²) >= 11 is 1.57. The molecule has 2 aromatic rings. The number of urea groups is 1. The first kappa shape index (κ1) is 13.5. The first-order chi connectivity index (χ1) is 9.19. The molecule has 1 unspecified atom stereocenters. The van der Waals surface area contributed by atoms with Crippen LogP contribution in [0.5, 0.6) is 0 Å². The molecule has 100 valence electrons. The van der Waals surface area contributed by atoms with E-state index in [1.54, 1.807) is 24.5 Å². The Balaban J connectivity index is 1.97. The molecular formula is C13H15N3O2S. The number of aliphatic hydroxyl groups excluding tert-OH is 1. The summed E-state index contributed by atoms with van der Waals surface area (Å²) in [6.07, 6.45) is 1.76. The van der Waals surface area contributed by atoms with E-state index in [2.05, 4.69) is 15.6 Å². The molecule has 0 fully saturated rings. The minimum absolute atomic E-state index is 0.0869. The lowest BCUT2D eigenvalue weighted by atomic mass is 10.2. The van der Waals surface area contributed by atoms with Gasteiger partial charge in [-0.1, -0.05) is 0 Å². The summed E-state index contributed by atoms with van der Waals surface area (Å²) in [5.41, 5.74) is 1.72. The molecule has 6 heteroatoms. The SMILES string of the molecule is CC(CO)NC(=O)Nc1ccc(-c2nccs2)cc1. The smallest absolute Gasteiger partial charge is 0.319 e. The molecule has 0 aliphatic heterocycles. The van der Waals surface area contributed by atoms with Gasteiger partial charge in [-0.2, -0.15) is 0 Å². The maximum atomic E-state index is 11.6. The van der Waals surface area contributed by atoms with Crippen LogP contribution < -0.4 is 10.6 Å². The van der Waals surface area contributed by atoms with Crippen molar-refractivity contribution in [2.75, 3.05) is 11.9 Å². The Hall–Kier alpha value is -1.92. The summed E-state index contributed by atoms with van der Waals surface area (Å²) in [5.74, 6) is 0. The zero-order chi connectivity index (χ0) is 13.7. The van der Waals surface area contributed by atoms with Crippen LogP contribution in [-0.4, -0.2) is 28.8 Å². The first-order valence-corrected chi connectivity index (χ1v) is 6.75. The second-order valence-electron chi connectivity index (χ2n) is 4.10. The van der Waals surface area contributed by atoms with Crippen molar-refractivity contribution in [3.8, 4) is 10.6 Å². The van der Waals surface area contributed by atoms with Gasteiger partial charge in [0, 0.05) is 22.8 Å². The molecule has 0 radical (unpaired) electrons. The summed E-state index contributed by atoms with van der Waals surface area (Å²) in [4.78, 5) is 15.8. The van der Waals surface area contributed by atoms with Crippen LogP contribution in [0.3, 0.4) is 0 Å². The van der Waals surface area contributed by atoms with Crippen LogP contribution in [0.4, 0.5) is 10.5 Å². The van der Waals surface area contributed by atoms with Crippen LogP contribution in [0.15, 0.2) is 35.8 Å². The maximum absolute atomic E-state index is 11.6. The second kappa shape index (κ2) is 6.31. The van der Waals surface area contributed by atoms with Crippen LogP contribution >= 0.6 is 11.3 Å². The van der Waals surface area contributed by atoms with E-state index in [4.69, 9.17) is 5.11 Å². The Morgan fingerprint density at radius 2 is 2.16 bits per heavy atom. The van der Waals surface area contributed by atoms with Crippen molar-refractivity contribution in [1.29, 1.82) is 0 Å². The van der Waals surface area contributed by atoms with E-state index in [9.17, 15) is 4.79 Å². The number of benzene rings is 1. The normalized spacial score (nSPS) is 11.9. The van der Waals surface area contributed by atoms with Gasteiger partial charge < -0.3 is 15.7 Å². The number of nitrogens with one attached hydrogen (secondary N) is 2.